The molecule has 24 heavy (non-hydrogen) atoms. The van der Waals surface area contributed by atoms with Crippen molar-refractivity contribution in [2.45, 2.75) is 24.7 Å². The predicted molar refractivity (Wildman–Crippen MR) is 93.6 cm³/mol. The van der Waals surface area contributed by atoms with Gasteiger partial charge >= 0.3 is 0 Å². The molecule has 2 aromatic rings. The Hall–Kier alpha value is -2.34. The molecule has 0 bridgehead atoms. The fourth-order valence-corrected chi connectivity index (χ4v) is 3.77. The van der Waals surface area contributed by atoms with E-state index in [1.807, 2.05) is 19.1 Å². The van der Waals surface area contributed by atoms with Gasteiger partial charge in [-0.15, -0.1) is 0 Å². The van der Waals surface area contributed by atoms with Gasteiger partial charge in [0.25, 0.3) is 15.9 Å². The van der Waals surface area contributed by atoms with Crippen molar-refractivity contribution in [3.8, 4) is 0 Å². The van der Waals surface area contributed by atoms with Crippen LogP contribution in [-0.2, 0) is 10.0 Å². The highest BCUT2D eigenvalue weighted by molar-refractivity contribution is 7.92. The predicted octanol–water partition coefficient (Wildman–Crippen LogP) is 3.03. The third kappa shape index (κ3) is 3.59. The third-order valence-electron chi connectivity index (χ3n) is 4.11. The van der Waals surface area contributed by atoms with Crippen LogP contribution in [0.15, 0.2) is 53.4 Å². The lowest BCUT2D eigenvalue weighted by Gasteiger charge is -2.15. The molecule has 0 atom stereocenters. The average Bonchev–Trinajstić information content (AvgIpc) is 3.11. The number of sulfonamides is 1. The maximum absolute atomic E-state index is 12.4. The standard InChI is InChI=1S/C18H20N2O3S/c1-14-4-8-16(9-5-14)19-24(22,23)17-10-6-15(7-11-17)18(21)20-12-2-3-13-20/h4-11,19H,2-3,12-13H2,1H3. The number of amides is 1. The molecule has 3 rings (SSSR count). The molecule has 1 N–H and O–H groups in total. The minimum atomic E-state index is -3.66. The van der Waals surface area contributed by atoms with Gasteiger partial charge in [-0.1, -0.05) is 17.7 Å². The first-order valence-electron chi connectivity index (χ1n) is 7.94. The molecule has 5 nitrogen and oxygen atoms in total. The molecule has 1 amide bonds. The number of likely N-dealkylation sites (tertiary alicyclic amines) is 1. The number of carbonyl (C=O) groups excluding carboxylic acids is 1. The Morgan fingerprint density at radius 3 is 2.12 bits per heavy atom. The van der Waals surface area contributed by atoms with Gasteiger partial charge in [0.15, 0.2) is 0 Å². The van der Waals surface area contributed by atoms with Crippen molar-refractivity contribution in [2.24, 2.45) is 0 Å². The number of hydrogen-bond donors (Lipinski definition) is 1. The highest BCUT2D eigenvalue weighted by Gasteiger charge is 2.20. The summed E-state index contributed by atoms with van der Waals surface area (Å²) in [7, 11) is -3.66. The van der Waals surface area contributed by atoms with Crippen LogP contribution in [0.2, 0.25) is 0 Å². The van der Waals surface area contributed by atoms with Crippen LogP contribution in [0, 0.1) is 6.92 Å². The summed E-state index contributed by atoms with van der Waals surface area (Å²) >= 11 is 0. The quantitative estimate of drug-likeness (QED) is 0.927. The Bertz CT molecular complexity index is 822. The van der Waals surface area contributed by atoms with Gasteiger partial charge in [0.1, 0.15) is 0 Å². The molecule has 1 aliphatic heterocycles. The molecular weight excluding hydrogens is 324 g/mol. The van der Waals surface area contributed by atoms with E-state index >= 15 is 0 Å². The van der Waals surface area contributed by atoms with Gasteiger partial charge in [-0.05, 0) is 56.2 Å². The van der Waals surface area contributed by atoms with E-state index in [1.54, 1.807) is 29.2 Å². The molecule has 1 heterocycles. The van der Waals surface area contributed by atoms with Crippen LogP contribution in [-0.4, -0.2) is 32.3 Å². The lowest BCUT2D eigenvalue weighted by molar-refractivity contribution is 0.0792. The van der Waals surface area contributed by atoms with Gasteiger partial charge in [-0.25, -0.2) is 8.42 Å². The first-order chi connectivity index (χ1) is 11.5. The van der Waals surface area contributed by atoms with Gasteiger partial charge < -0.3 is 4.90 Å². The summed E-state index contributed by atoms with van der Waals surface area (Å²) in [5.41, 5.74) is 2.09. The largest absolute Gasteiger partial charge is 0.339 e. The van der Waals surface area contributed by atoms with E-state index in [9.17, 15) is 13.2 Å². The Labute approximate surface area is 142 Å². The van der Waals surface area contributed by atoms with Crippen LogP contribution in [0.3, 0.4) is 0 Å². The average molecular weight is 344 g/mol. The zero-order valence-corrected chi connectivity index (χ0v) is 14.3. The van der Waals surface area contributed by atoms with E-state index in [0.29, 0.717) is 11.3 Å². The second-order valence-electron chi connectivity index (χ2n) is 6.00. The monoisotopic (exact) mass is 344 g/mol. The Morgan fingerprint density at radius 1 is 0.958 bits per heavy atom. The fraction of sp³-hybridized carbons (Fsp3) is 0.278. The van der Waals surface area contributed by atoms with Crippen LogP contribution < -0.4 is 4.72 Å². The van der Waals surface area contributed by atoms with Crippen molar-refractivity contribution in [3.63, 3.8) is 0 Å². The summed E-state index contributed by atoms with van der Waals surface area (Å²) in [6, 6.07) is 13.2. The van der Waals surface area contributed by atoms with E-state index < -0.39 is 10.0 Å². The van der Waals surface area contributed by atoms with Gasteiger partial charge in [-0.2, -0.15) is 0 Å². The van der Waals surface area contributed by atoms with E-state index in [4.69, 9.17) is 0 Å². The molecule has 126 valence electrons. The van der Waals surface area contributed by atoms with Gasteiger partial charge in [0, 0.05) is 24.3 Å². The lowest BCUT2D eigenvalue weighted by atomic mass is 10.2. The molecule has 0 saturated carbocycles. The number of anilines is 1. The summed E-state index contributed by atoms with van der Waals surface area (Å²) in [6.07, 6.45) is 2.05. The van der Waals surface area contributed by atoms with Gasteiger partial charge in [-0.3, -0.25) is 9.52 Å². The molecule has 0 spiro atoms. The summed E-state index contributed by atoms with van der Waals surface area (Å²) in [5, 5.41) is 0. The van der Waals surface area contributed by atoms with Crippen molar-refractivity contribution in [3.05, 3.63) is 59.7 Å². The molecule has 2 aromatic carbocycles. The Kier molecular flexibility index (Phi) is 4.57. The fourth-order valence-electron chi connectivity index (χ4n) is 2.72. The molecule has 0 unspecified atom stereocenters. The molecule has 1 fully saturated rings. The summed E-state index contributed by atoms with van der Waals surface area (Å²) in [4.78, 5) is 14.2. The number of aryl methyl sites for hydroxylation is 1. The van der Waals surface area contributed by atoms with Crippen molar-refractivity contribution in [1.29, 1.82) is 0 Å². The highest BCUT2D eigenvalue weighted by atomic mass is 32.2. The maximum Gasteiger partial charge on any atom is 0.261 e. The van der Waals surface area contributed by atoms with Crippen molar-refractivity contribution < 1.29 is 13.2 Å². The molecule has 1 saturated heterocycles. The number of nitrogens with one attached hydrogen (secondary N) is 1. The second-order valence-corrected chi connectivity index (χ2v) is 7.68. The number of hydrogen-bond acceptors (Lipinski definition) is 3. The van der Waals surface area contributed by atoms with Gasteiger partial charge in [0.2, 0.25) is 0 Å². The van der Waals surface area contributed by atoms with Crippen LogP contribution in [0.1, 0.15) is 28.8 Å². The van der Waals surface area contributed by atoms with E-state index in [1.165, 1.54) is 12.1 Å². The zero-order chi connectivity index (χ0) is 17.2. The second kappa shape index (κ2) is 6.65. The molecule has 6 heteroatoms. The van der Waals surface area contributed by atoms with E-state index in [0.717, 1.165) is 31.5 Å². The first-order valence-corrected chi connectivity index (χ1v) is 9.43. The van der Waals surface area contributed by atoms with Crippen LogP contribution in [0.25, 0.3) is 0 Å². The Balaban J connectivity index is 1.76. The third-order valence-corrected chi connectivity index (χ3v) is 5.51. The molecule has 1 aliphatic rings. The molecule has 0 radical (unpaired) electrons. The lowest BCUT2D eigenvalue weighted by Crippen LogP contribution is -2.27. The summed E-state index contributed by atoms with van der Waals surface area (Å²) < 4.78 is 27.4. The van der Waals surface area contributed by atoms with Crippen molar-refractivity contribution >= 4 is 21.6 Å². The number of nitrogens with zero attached hydrogens (tertiary/aromatic N) is 1. The molecule has 0 aromatic heterocycles. The highest BCUT2D eigenvalue weighted by Crippen LogP contribution is 2.19. The van der Waals surface area contributed by atoms with Crippen LogP contribution in [0.5, 0.6) is 0 Å². The summed E-state index contributed by atoms with van der Waals surface area (Å²) in [5.74, 6) is -0.0389. The normalized spacial score (nSPS) is 14.6. The minimum absolute atomic E-state index is 0.0389. The zero-order valence-electron chi connectivity index (χ0n) is 13.5. The van der Waals surface area contributed by atoms with Crippen molar-refractivity contribution in [2.75, 3.05) is 17.8 Å². The van der Waals surface area contributed by atoms with Crippen molar-refractivity contribution in [1.82, 2.24) is 4.90 Å². The van der Waals surface area contributed by atoms with Crippen LogP contribution in [0.4, 0.5) is 5.69 Å². The minimum Gasteiger partial charge on any atom is -0.339 e. The molecular formula is C18H20N2O3S. The Morgan fingerprint density at radius 2 is 1.54 bits per heavy atom. The number of carbonyl (C=O) groups is 1. The van der Waals surface area contributed by atoms with Crippen LogP contribution >= 0.6 is 0 Å². The summed E-state index contributed by atoms with van der Waals surface area (Å²) in [6.45, 7) is 3.48. The number of rotatable bonds is 4. The topological polar surface area (TPSA) is 66.5 Å². The van der Waals surface area contributed by atoms with E-state index in [-0.39, 0.29) is 10.8 Å². The SMILES string of the molecule is Cc1ccc(NS(=O)(=O)c2ccc(C(=O)N3CCCC3)cc2)cc1. The maximum atomic E-state index is 12.4. The number of benzene rings is 2. The van der Waals surface area contributed by atoms with E-state index in [2.05, 4.69) is 4.72 Å². The van der Waals surface area contributed by atoms with Gasteiger partial charge in [0.05, 0.1) is 4.90 Å². The molecule has 0 aliphatic carbocycles. The first kappa shape index (κ1) is 16.5. The smallest absolute Gasteiger partial charge is 0.261 e.